The lowest BCUT2D eigenvalue weighted by Gasteiger charge is -2.13. The third-order valence-corrected chi connectivity index (χ3v) is 6.82. The lowest BCUT2D eigenvalue weighted by molar-refractivity contribution is 0.414. The number of ether oxygens (including phenoxy) is 1. The van der Waals surface area contributed by atoms with Gasteiger partial charge in [-0.1, -0.05) is 17.8 Å². The van der Waals surface area contributed by atoms with Crippen LogP contribution >= 0.6 is 23.1 Å². The monoisotopic (exact) mass is 450 g/mol. The van der Waals surface area contributed by atoms with E-state index in [4.69, 9.17) is 14.1 Å². The zero-order valence-electron chi connectivity index (χ0n) is 16.7. The number of aromatic amines is 1. The molecule has 4 aromatic heterocycles. The molecule has 1 aromatic carbocycles. The van der Waals surface area contributed by atoms with Gasteiger partial charge < -0.3 is 14.1 Å². The number of methoxy groups -OCH3 is 1. The van der Waals surface area contributed by atoms with Crippen molar-refractivity contribution in [2.45, 2.75) is 17.3 Å². The van der Waals surface area contributed by atoms with Crippen LogP contribution in [0.3, 0.4) is 0 Å². The Morgan fingerprint density at radius 3 is 3.00 bits per heavy atom. The third kappa shape index (κ3) is 3.66. The van der Waals surface area contributed by atoms with Gasteiger partial charge in [-0.3, -0.25) is 9.36 Å². The van der Waals surface area contributed by atoms with Gasteiger partial charge in [0.1, 0.15) is 22.2 Å². The lowest BCUT2D eigenvalue weighted by Crippen LogP contribution is -2.12. The molecule has 0 radical (unpaired) electrons. The summed E-state index contributed by atoms with van der Waals surface area (Å²) in [6.45, 7) is 2.00. The molecule has 0 saturated heterocycles. The zero-order valence-corrected chi connectivity index (χ0v) is 18.4. The van der Waals surface area contributed by atoms with Crippen LogP contribution in [0.4, 0.5) is 0 Å². The van der Waals surface area contributed by atoms with Gasteiger partial charge in [0.25, 0.3) is 5.56 Å². The number of aromatic nitrogens is 4. The van der Waals surface area contributed by atoms with Crippen molar-refractivity contribution in [1.29, 1.82) is 0 Å². The van der Waals surface area contributed by atoms with Crippen LogP contribution in [0.1, 0.15) is 18.0 Å². The molecule has 7 nitrogen and oxygen atoms in total. The number of nitrogens with zero attached hydrogens (tertiary/aromatic N) is 3. The molecule has 0 spiro atoms. The number of nitrogens with one attached hydrogen (secondary N) is 1. The van der Waals surface area contributed by atoms with Crippen molar-refractivity contribution in [3.63, 3.8) is 0 Å². The molecule has 0 bridgehead atoms. The van der Waals surface area contributed by atoms with E-state index in [1.54, 1.807) is 25.6 Å². The molecular formula is C22H18N4O3S2. The highest BCUT2D eigenvalue weighted by Crippen LogP contribution is 2.36. The molecule has 0 fully saturated rings. The third-order valence-electron chi connectivity index (χ3n) is 4.85. The van der Waals surface area contributed by atoms with Gasteiger partial charge in [-0.15, -0.1) is 11.3 Å². The topological polar surface area (TPSA) is 85.9 Å². The van der Waals surface area contributed by atoms with Crippen molar-refractivity contribution in [2.24, 2.45) is 0 Å². The molecule has 0 amide bonds. The van der Waals surface area contributed by atoms with Crippen molar-refractivity contribution in [3.05, 3.63) is 76.6 Å². The van der Waals surface area contributed by atoms with E-state index in [1.807, 2.05) is 53.4 Å². The van der Waals surface area contributed by atoms with E-state index in [0.717, 1.165) is 22.2 Å². The van der Waals surface area contributed by atoms with Crippen LogP contribution in [0, 0.1) is 0 Å². The average molecular weight is 451 g/mol. The summed E-state index contributed by atoms with van der Waals surface area (Å²) in [6.07, 6.45) is 5.25. The molecule has 0 saturated carbocycles. The second kappa shape index (κ2) is 8.09. The van der Waals surface area contributed by atoms with Crippen molar-refractivity contribution in [2.75, 3.05) is 7.11 Å². The Kier molecular flexibility index (Phi) is 5.13. The SMILES string of the molecule is COc1cccc(-n2ccnc2SC(C)c2nc3scc(-c4ccco4)c3c(=O)[nH]2)c1. The molecule has 5 aromatic rings. The minimum absolute atomic E-state index is 0.113. The number of fused-ring (bicyclic) bond motifs is 1. The van der Waals surface area contributed by atoms with Gasteiger partial charge >= 0.3 is 0 Å². The summed E-state index contributed by atoms with van der Waals surface area (Å²) in [7, 11) is 1.64. The first-order chi connectivity index (χ1) is 15.1. The highest BCUT2D eigenvalue weighted by atomic mass is 32.2. The summed E-state index contributed by atoms with van der Waals surface area (Å²) < 4.78 is 12.8. The van der Waals surface area contributed by atoms with Crippen LogP contribution in [0.5, 0.6) is 5.75 Å². The molecule has 31 heavy (non-hydrogen) atoms. The molecule has 1 N–H and O–H groups in total. The Morgan fingerprint density at radius 1 is 1.29 bits per heavy atom. The number of imidazole rings is 1. The molecule has 4 heterocycles. The first-order valence-electron chi connectivity index (χ1n) is 9.54. The summed E-state index contributed by atoms with van der Waals surface area (Å²) >= 11 is 2.96. The maximum absolute atomic E-state index is 12.9. The van der Waals surface area contributed by atoms with Crippen LogP contribution in [0.2, 0.25) is 0 Å². The molecule has 5 rings (SSSR count). The maximum Gasteiger partial charge on any atom is 0.260 e. The number of thiophene rings is 1. The quantitative estimate of drug-likeness (QED) is 0.354. The first-order valence-corrected chi connectivity index (χ1v) is 11.3. The molecular weight excluding hydrogens is 432 g/mol. The summed E-state index contributed by atoms with van der Waals surface area (Å²) in [5, 5.41) is 3.14. The Hall–Kier alpha value is -3.30. The van der Waals surface area contributed by atoms with Crippen molar-refractivity contribution < 1.29 is 9.15 Å². The minimum atomic E-state index is -0.170. The maximum atomic E-state index is 12.9. The molecule has 9 heteroatoms. The molecule has 0 aliphatic heterocycles. The number of hydrogen-bond donors (Lipinski definition) is 1. The standard InChI is InChI=1S/C22H18N4O3S2/c1-13(31-22-23-8-9-26(22)14-5-3-6-15(11-14)28-2)19-24-20(27)18-16(12-30-21(18)25-19)17-7-4-10-29-17/h3-13H,1-2H3,(H,24,25,27). The number of thioether (sulfide) groups is 1. The summed E-state index contributed by atoms with van der Waals surface area (Å²) in [6, 6.07) is 11.4. The smallest absolute Gasteiger partial charge is 0.260 e. The zero-order chi connectivity index (χ0) is 21.4. The van der Waals surface area contributed by atoms with E-state index in [9.17, 15) is 4.79 Å². The van der Waals surface area contributed by atoms with Gasteiger partial charge in [-0.25, -0.2) is 9.97 Å². The molecule has 1 atom stereocenters. The van der Waals surface area contributed by atoms with E-state index >= 15 is 0 Å². The van der Waals surface area contributed by atoms with E-state index in [2.05, 4.69) is 9.97 Å². The van der Waals surface area contributed by atoms with Gasteiger partial charge in [0, 0.05) is 29.4 Å². The van der Waals surface area contributed by atoms with E-state index in [-0.39, 0.29) is 10.8 Å². The highest BCUT2D eigenvalue weighted by Gasteiger charge is 2.19. The van der Waals surface area contributed by atoms with Gasteiger partial charge in [0.05, 0.1) is 29.7 Å². The number of furan rings is 1. The Balaban J connectivity index is 1.46. The van der Waals surface area contributed by atoms with Crippen LogP contribution in [0.25, 0.3) is 27.2 Å². The van der Waals surface area contributed by atoms with Crippen LogP contribution in [0.15, 0.2) is 74.8 Å². The van der Waals surface area contributed by atoms with E-state index in [1.165, 1.54) is 23.1 Å². The van der Waals surface area contributed by atoms with Gasteiger partial charge in [-0.2, -0.15) is 0 Å². The Morgan fingerprint density at radius 2 is 2.19 bits per heavy atom. The number of H-pyrrole nitrogens is 1. The van der Waals surface area contributed by atoms with Crippen molar-refractivity contribution >= 4 is 33.3 Å². The van der Waals surface area contributed by atoms with Crippen molar-refractivity contribution in [3.8, 4) is 22.8 Å². The second-order valence-corrected chi connectivity index (χ2v) is 8.97. The summed E-state index contributed by atoms with van der Waals surface area (Å²) in [5.41, 5.74) is 1.54. The van der Waals surface area contributed by atoms with Crippen LogP contribution < -0.4 is 10.3 Å². The average Bonchev–Trinajstić information content (AvgIpc) is 3.54. The van der Waals surface area contributed by atoms with E-state index in [0.29, 0.717) is 21.8 Å². The Labute approximate surface area is 185 Å². The fourth-order valence-electron chi connectivity index (χ4n) is 3.32. The molecule has 1 unspecified atom stereocenters. The van der Waals surface area contributed by atoms with E-state index < -0.39 is 0 Å². The molecule has 0 aliphatic rings. The fourth-order valence-corrected chi connectivity index (χ4v) is 5.20. The van der Waals surface area contributed by atoms with Crippen LogP contribution in [-0.4, -0.2) is 26.6 Å². The highest BCUT2D eigenvalue weighted by molar-refractivity contribution is 7.99. The molecule has 156 valence electrons. The summed E-state index contributed by atoms with van der Waals surface area (Å²) in [4.78, 5) is 25.7. The number of rotatable bonds is 6. The largest absolute Gasteiger partial charge is 0.497 e. The number of hydrogen-bond acceptors (Lipinski definition) is 7. The number of benzene rings is 1. The lowest BCUT2D eigenvalue weighted by atomic mass is 10.2. The Bertz CT molecular complexity index is 1400. The predicted molar refractivity (Wildman–Crippen MR) is 122 cm³/mol. The molecule has 0 aliphatic carbocycles. The first kappa shape index (κ1) is 19.7. The summed E-state index contributed by atoms with van der Waals surface area (Å²) in [5.74, 6) is 2.04. The van der Waals surface area contributed by atoms with Gasteiger partial charge in [0.15, 0.2) is 5.16 Å². The van der Waals surface area contributed by atoms with Crippen LogP contribution in [-0.2, 0) is 0 Å². The van der Waals surface area contributed by atoms with Gasteiger partial charge in [0.2, 0.25) is 0 Å². The predicted octanol–water partition coefficient (Wildman–Crippen LogP) is 5.29. The van der Waals surface area contributed by atoms with Gasteiger partial charge in [-0.05, 0) is 31.2 Å². The fraction of sp³-hybridized carbons (Fsp3) is 0.136. The normalized spacial score (nSPS) is 12.3. The van der Waals surface area contributed by atoms with Crippen molar-refractivity contribution in [1.82, 2.24) is 19.5 Å². The second-order valence-electron chi connectivity index (χ2n) is 6.80. The minimum Gasteiger partial charge on any atom is -0.497 e.